The number of nitrogens with one attached hydrogen (secondary N) is 1. The van der Waals surface area contributed by atoms with E-state index in [1.54, 1.807) is 24.4 Å². The lowest BCUT2D eigenvalue weighted by Crippen LogP contribution is -2.21. The van der Waals surface area contributed by atoms with Gasteiger partial charge in [0.2, 0.25) is 0 Å². The quantitative estimate of drug-likeness (QED) is 0.102. The molecule has 1 heterocycles. The lowest BCUT2D eigenvalue weighted by molar-refractivity contribution is -0.118. The largest absolute Gasteiger partial charge is 0.494 e. The number of para-hydroxylation sites is 1. The van der Waals surface area contributed by atoms with Crippen LogP contribution in [0.15, 0.2) is 82.7 Å². The number of carbonyl (C=O) groups is 1. The summed E-state index contributed by atoms with van der Waals surface area (Å²) < 4.78 is 32.9. The molecule has 1 aromatic heterocycles. The average molecular weight is 763 g/mol. The molecule has 0 atom stereocenters. The van der Waals surface area contributed by atoms with Crippen LogP contribution >= 0.6 is 22.6 Å². The highest BCUT2D eigenvalue weighted by atomic mass is 127. The molecule has 1 amide bonds. The van der Waals surface area contributed by atoms with Crippen LogP contribution in [0.3, 0.4) is 0 Å². The van der Waals surface area contributed by atoms with Gasteiger partial charge in [0.1, 0.15) is 11.6 Å². The van der Waals surface area contributed by atoms with Crippen molar-refractivity contribution in [2.75, 3.05) is 25.1 Å². The van der Waals surface area contributed by atoms with Gasteiger partial charge in [-0.3, -0.25) is 9.59 Å². The van der Waals surface area contributed by atoms with Gasteiger partial charge >= 0.3 is 0 Å². The molecule has 48 heavy (non-hydrogen) atoms. The van der Waals surface area contributed by atoms with Gasteiger partial charge < -0.3 is 19.5 Å². The van der Waals surface area contributed by atoms with Gasteiger partial charge in [0.15, 0.2) is 23.9 Å². The zero-order chi connectivity index (χ0) is 34.4. The number of anilines is 1. The minimum Gasteiger partial charge on any atom is -0.494 e. The Hall–Kier alpha value is -4.78. The van der Waals surface area contributed by atoms with Crippen molar-refractivity contribution in [1.82, 2.24) is 9.66 Å². The summed E-state index contributed by atoms with van der Waals surface area (Å²) in [6, 6.07) is 20.2. The second-order valence-corrected chi connectivity index (χ2v) is 12.4. The molecule has 11 heteroatoms. The third-order valence-corrected chi connectivity index (χ3v) is 8.20. The third-order valence-electron chi connectivity index (χ3n) is 7.40. The van der Waals surface area contributed by atoms with E-state index in [9.17, 15) is 14.0 Å². The van der Waals surface area contributed by atoms with Crippen molar-refractivity contribution in [3.8, 4) is 28.6 Å². The van der Waals surface area contributed by atoms with Crippen LogP contribution in [0.25, 0.3) is 22.3 Å². The van der Waals surface area contributed by atoms with Crippen LogP contribution in [0.4, 0.5) is 10.1 Å². The van der Waals surface area contributed by atoms with Crippen LogP contribution in [-0.2, 0) is 4.79 Å². The number of aromatic nitrogens is 2. The Morgan fingerprint density at radius 3 is 2.42 bits per heavy atom. The SMILES string of the molecule is CCOc1cc(C)c(-c2nc3ccccc3c(=O)n2N=Cc2cc(I)c(OCC(=O)Nc3ccc(F)cc3)c(OCC)c2)cc1C(C)C. The summed E-state index contributed by atoms with van der Waals surface area (Å²) in [5, 5.41) is 7.79. The normalized spacial score (nSPS) is 11.3. The molecule has 0 bridgehead atoms. The molecule has 5 aromatic rings. The predicted octanol–water partition coefficient (Wildman–Crippen LogP) is 7.94. The molecule has 0 unspecified atom stereocenters. The number of fused-ring (bicyclic) bond motifs is 1. The highest BCUT2D eigenvalue weighted by Crippen LogP contribution is 2.36. The van der Waals surface area contributed by atoms with Gasteiger partial charge in [0.05, 0.1) is 33.9 Å². The number of halogens is 2. The zero-order valence-corrected chi connectivity index (χ0v) is 29.5. The number of hydrogen-bond donors (Lipinski definition) is 1. The van der Waals surface area contributed by atoms with Crippen LogP contribution < -0.4 is 25.1 Å². The highest BCUT2D eigenvalue weighted by Gasteiger charge is 2.19. The van der Waals surface area contributed by atoms with E-state index in [2.05, 4.69) is 46.9 Å². The molecular weight excluding hydrogens is 726 g/mol. The number of hydrogen-bond acceptors (Lipinski definition) is 7. The number of ether oxygens (including phenoxy) is 3. The fourth-order valence-corrected chi connectivity index (χ4v) is 5.91. The summed E-state index contributed by atoms with van der Waals surface area (Å²) >= 11 is 2.10. The van der Waals surface area contributed by atoms with Gasteiger partial charge in [0.25, 0.3) is 11.5 Å². The number of nitrogens with zero attached hydrogens (tertiary/aromatic N) is 3. The Labute approximate surface area is 291 Å². The van der Waals surface area contributed by atoms with Crippen molar-refractivity contribution in [2.45, 2.75) is 40.5 Å². The summed E-state index contributed by atoms with van der Waals surface area (Å²) in [5.74, 6) is 1.38. The van der Waals surface area contributed by atoms with Crippen molar-refractivity contribution in [3.63, 3.8) is 0 Å². The first kappa shape index (κ1) is 34.6. The van der Waals surface area contributed by atoms with E-state index in [0.29, 0.717) is 56.3 Å². The molecule has 0 aliphatic heterocycles. The number of carbonyl (C=O) groups excluding carboxylic acids is 1. The minimum absolute atomic E-state index is 0.170. The van der Waals surface area contributed by atoms with E-state index in [0.717, 1.165) is 22.4 Å². The molecule has 0 fully saturated rings. The van der Waals surface area contributed by atoms with Crippen molar-refractivity contribution in [1.29, 1.82) is 0 Å². The topological polar surface area (TPSA) is 104 Å². The molecule has 0 spiro atoms. The number of aryl methyl sites for hydroxylation is 1. The van der Waals surface area contributed by atoms with Crippen LogP contribution in [0.2, 0.25) is 0 Å². The van der Waals surface area contributed by atoms with E-state index in [1.807, 2.05) is 51.1 Å². The number of benzene rings is 4. The van der Waals surface area contributed by atoms with Crippen molar-refractivity contribution in [2.24, 2.45) is 5.10 Å². The van der Waals surface area contributed by atoms with Crippen LogP contribution in [0.5, 0.6) is 17.2 Å². The van der Waals surface area contributed by atoms with Gasteiger partial charge in [-0.1, -0.05) is 26.0 Å². The maximum atomic E-state index is 13.9. The lowest BCUT2D eigenvalue weighted by atomic mass is 9.96. The molecular formula is C37H36FIN4O5. The Balaban J connectivity index is 1.52. The maximum Gasteiger partial charge on any atom is 0.282 e. The van der Waals surface area contributed by atoms with E-state index in [-0.39, 0.29) is 18.1 Å². The molecule has 9 nitrogen and oxygen atoms in total. The minimum atomic E-state index is -0.411. The summed E-state index contributed by atoms with van der Waals surface area (Å²) in [7, 11) is 0. The summed E-state index contributed by atoms with van der Waals surface area (Å²) in [4.78, 5) is 31.4. The molecule has 0 aliphatic rings. The van der Waals surface area contributed by atoms with Crippen molar-refractivity contribution in [3.05, 3.63) is 109 Å². The fourth-order valence-electron chi connectivity index (χ4n) is 5.13. The van der Waals surface area contributed by atoms with Gasteiger partial charge in [-0.15, -0.1) is 0 Å². The summed E-state index contributed by atoms with van der Waals surface area (Å²) in [6.45, 7) is 10.6. The molecule has 0 aliphatic carbocycles. The Kier molecular flexibility index (Phi) is 11.1. The van der Waals surface area contributed by atoms with Crippen LogP contribution in [0, 0.1) is 16.3 Å². The molecule has 4 aromatic carbocycles. The van der Waals surface area contributed by atoms with Crippen molar-refractivity contribution < 1.29 is 23.4 Å². The molecule has 5 rings (SSSR count). The molecule has 0 radical (unpaired) electrons. The van der Waals surface area contributed by atoms with E-state index in [4.69, 9.17) is 19.2 Å². The van der Waals surface area contributed by atoms with E-state index < -0.39 is 11.7 Å². The Morgan fingerprint density at radius 2 is 1.71 bits per heavy atom. The molecule has 248 valence electrons. The van der Waals surface area contributed by atoms with Crippen LogP contribution in [0.1, 0.15) is 50.3 Å². The average Bonchev–Trinajstić information content (AvgIpc) is 3.05. The number of rotatable bonds is 12. The number of amides is 1. The monoisotopic (exact) mass is 762 g/mol. The second-order valence-electron chi connectivity index (χ2n) is 11.2. The Morgan fingerprint density at radius 1 is 1.00 bits per heavy atom. The zero-order valence-electron chi connectivity index (χ0n) is 27.3. The van der Waals surface area contributed by atoms with E-state index >= 15 is 0 Å². The second kappa shape index (κ2) is 15.4. The summed E-state index contributed by atoms with van der Waals surface area (Å²) in [6.07, 6.45) is 1.57. The highest BCUT2D eigenvalue weighted by molar-refractivity contribution is 14.1. The molecule has 0 saturated heterocycles. The lowest BCUT2D eigenvalue weighted by Gasteiger charge is -2.18. The van der Waals surface area contributed by atoms with Gasteiger partial charge in [-0.05, 0) is 127 Å². The van der Waals surface area contributed by atoms with Gasteiger partial charge in [-0.2, -0.15) is 9.78 Å². The van der Waals surface area contributed by atoms with E-state index in [1.165, 1.54) is 28.9 Å². The first-order chi connectivity index (χ1) is 23.1. The van der Waals surface area contributed by atoms with Gasteiger partial charge in [0, 0.05) is 11.3 Å². The van der Waals surface area contributed by atoms with Crippen LogP contribution in [-0.4, -0.2) is 41.6 Å². The molecule has 0 saturated carbocycles. The summed E-state index contributed by atoms with van der Waals surface area (Å²) in [5.41, 5.74) is 4.03. The maximum absolute atomic E-state index is 13.9. The fraction of sp³-hybridized carbons (Fsp3) is 0.243. The Bertz CT molecular complexity index is 2040. The first-order valence-electron chi connectivity index (χ1n) is 15.6. The van der Waals surface area contributed by atoms with Crippen molar-refractivity contribution >= 4 is 51.3 Å². The van der Waals surface area contributed by atoms with Gasteiger partial charge in [-0.25, -0.2) is 9.37 Å². The predicted molar refractivity (Wildman–Crippen MR) is 195 cm³/mol. The molecule has 1 N–H and O–H groups in total. The standard InChI is InChI=1S/C37H36FIN4O5/c1-6-46-32-16-23(5)29(19-28(32)22(3)4)36-42-31-11-9-8-10-27(31)37(45)43(36)40-20-24-17-30(39)35(33(18-24)47-7-2)48-21-34(44)41-26-14-12-25(38)13-15-26/h8-20,22H,6-7,21H2,1-5H3,(H,41,44). The first-order valence-corrected chi connectivity index (χ1v) is 16.7. The smallest absolute Gasteiger partial charge is 0.282 e. The third kappa shape index (κ3) is 7.84.